The van der Waals surface area contributed by atoms with Gasteiger partial charge < -0.3 is 24.3 Å². The van der Waals surface area contributed by atoms with E-state index in [1.165, 1.54) is 48.7 Å². The zero-order chi connectivity index (χ0) is 26.1. The largest absolute Gasteiger partial charge is 0.491 e. The molecule has 2 amide bonds. The molecule has 0 atom stereocenters. The average molecular weight is 516 g/mol. The second-order valence-corrected chi connectivity index (χ2v) is 10.8. The van der Waals surface area contributed by atoms with Crippen LogP contribution in [0.3, 0.4) is 0 Å². The maximum absolute atomic E-state index is 13.4. The number of likely N-dealkylation sites (tertiary alicyclic amines) is 1. The number of nitrogens with one attached hydrogen (secondary N) is 1. The summed E-state index contributed by atoms with van der Waals surface area (Å²) in [6.45, 7) is 4.74. The number of nitrogens with zero attached hydrogens (tertiary/aromatic N) is 2. The number of piperidine rings is 1. The van der Waals surface area contributed by atoms with Crippen LogP contribution in [0.25, 0.3) is 22.2 Å². The molecule has 3 aliphatic rings. The molecule has 7 nitrogen and oxygen atoms in total. The highest BCUT2D eigenvalue weighted by molar-refractivity contribution is 6.01. The minimum absolute atomic E-state index is 0.0476. The Bertz CT molecular complexity index is 1330. The molecule has 200 valence electrons. The van der Waals surface area contributed by atoms with Gasteiger partial charge in [0.1, 0.15) is 12.4 Å². The van der Waals surface area contributed by atoms with Crippen molar-refractivity contribution in [2.75, 3.05) is 26.3 Å². The summed E-state index contributed by atoms with van der Waals surface area (Å²) in [7, 11) is 0. The molecule has 0 unspecified atom stereocenters. The Balaban J connectivity index is 1.31. The molecule has 3 heterocycles. The van der Waals surface area contributed by atoms with Gasteiger partial charge in [0, 0.05) is 41.2 Å². The van der Waals surface area contributed by atoms with Gasteiger partial charge in [0.05, 0.1) is 18.8 Å². The number of carbonyl (C=O) groups excluding carboxylic acids is 2. The van der Waals surface area contributed by atoms with E-state index in [1.807, 2.05) is 19.1 Å². The SMILES string of the molecule is CCOC(=O)N1CCC(NC(=O)c2ccc3c(C4CCCCC4)c4n(c3c2)CCOc2ccccc2-4)CC1. The molecule has 1 N–H and O–H groups in total. The molecule has 38 heavy (non-hydrogen) atoms. The van der Waals surface area contributed by atoms with Crippen molar-refractivity contribution >= 4 is 22.9 Å². The van der Waals surface area contributed by atoms with Gasteiger partial charge >= 0.3 is 6.09 Å². The smallest absolute Gasteiger partial charge is 0.409 e. The third-order valence-corrected chi connectivity index (χ3v) is 8.45. The Labute approximate surface area is 224 Å². The first-order chi connectivity index (χ1) is 18.6. The monoisotopic (exact) mass is 515 g/mol. The fraction of sp³-hybridized carbons (Fsp3) is 0.484. The predicted octanol–water partition coefficient (Wildman–Crippen LogP) is 6.10. The van der Waals surface area contributed by atoms with Gasteiger partial charge in [0.15, 0.2) is 0 Å². The van der Waals surface area contributed by atoms with E-state index in [0.29, 0.717) is 37.8 Å². The van der Waals surface area contributed by atoms with Gasteiger partial charge in [-0.15, -0.1) is 0 Å². The summed E-state index contributed by atoms with van der Waals surface area (Å²) in [5.41, 5.74) is 5.64. The minimum atomic E-state index is -0.268. The molecular formula is C31H37N3O4. The number of ether oxygens (including phenoxy) is 2. The molecule has 1 saturated heterocycles. The Kier molecular flexibility index (Phi) is 7.00. The molecule has 2 aliphatic heterocycles. The molecule has 7 heteroatoms. The number of aromatic nitrogens is 1. The lowest BCUT2D eigenvalue weighted by molar-refractivity contribution is 0.0860. The number of hydrogen-bond acceptors (Lipinski definition) is 4. The summed E-state index contributed by atoms with van der Waals surface area (Å²) in [5, 5.41) is 4.48. The number of rotatable bonds is 4. The summed E-state index contributed by atoms with van der Waals surface area (Å²) >= 11 is 0. The van der Waals surface area contributed by atoms with Crippen LogP contribution in [0.15, 0.2) is 42.5 Å². The van der Waals surface area contributed by atoms with Crippen molar-refractivity contribution in [3.8, 4) is 17.0 Å². The van der Waals surface area contributed by atoms with E-state index >= 15 is 0 Å². The maximum atomic E-state index is 13.4. The van der Waals surface area contributed by atoms with E-state index in [0.717, 1.165) is 36.2 Å². The molecule has 6 rings (SSSR count). The first-order valence-corrected chi connectivity index (χ1v) is 14.2. The van der Waals surface area contributed by atoms with Crippen LogP contribution in [0.4, 0.5) is 4.79 Å². The van der Waals surface area contributed by atoms with Crippen LogP contribution in [0.1, 0.15) is 73.7 Å². The normalized spacial score (nSPS) is 18.3. The number of benzene rings is 2. The van der Waals surface area contributed by atoms with Gasteiger partial charge in [-0.2, -0.15) is 0 Å². The van der Waals surface area contributed by atoms with Crippen LogP contribution in [0.2, 0.25) is 0 Å². The molecule has 1 saturated carbocycles. The van der Waals surface area contributed by atoms with E-state index < -0.39 is 0 Å². The quantitative estimate of drug-likeness (QED) is 0.456. The maximum Gasteiger partial charge on any atom is 0.409 e. The number of amides is 2. The molecule has 1 aromatic heterocycles. The molecule has 3 aromatic rings. The van der Waals surface area contributed by atoms with Crippen LogP contribution >= 0.6 is 0 Å². The zero-order valence-electron chi connectivity index (χ0n) is 22.2. The Morgan fingerprint density at radius 1 is 1.00 bits per heavy atom. The fourth-order valence-corrected chi connectivity index (χ4v) is 6.57. The van der Waals surface area contributed by atoms with Crippen LogP contribution in [0.5, 0.6) is 5.75 Å². The highest BCUT2D eigenvalue weighted by Gasteiger charge is 2.30. The molecule has 0 bridgehead atoms. The number of hydrogen-bond donors (Lipinski definition) is 1. The van der Waals surface area contributed by atoms with E-state index in [4.69, 9.17) is 9.47 Å². The van der Waals surface area contributed by atoms with Crippen molar-refractivity contribution in [1.82, 2.24) is 14.8 Å². The van der Waals surface area contributed by atoms with Crippen molar-refractivity contribution in [2.24, 2.45) is 0 Å². The van der Waals surface area contributed by atoms with Crippen LogP contribution in [-0.4, -0.2) is 53.8 Å². The van der Waals surface area contributed by atoms with Crippen molar-refractivity contribution in [1.29, 1.82) is 0 Å². The standard InChI is InChI=1S/C31H37N3O4/c1-2-37-31(36)33-16-14-23(15-17-33)32-30(35)22-12-13-24-26(20-22)34-18-19-38-27-11-7-6-10-25(27)29(34)28(24)21-8-4-3-5-9-21/h6-7,10-13,20-21,23H,2-5,8-9,14-19H2,1H3,(H,32,35). The zero-order valence-corrected chi connectivity index (χ0v) is 22.2. The Morgan fingerprint density at radius 3 is 2.58 bits per heavy atom. The second kappa shape index (κ2) is 10.7. The molecule has 2 fully saturated rings. The topological polar surface area (TPSA) is 72.8 Å². The first-order valence-electron chi connectivity index (χ1n) is 14.2. The minimum Gasteiger partial charge on any atom is -0.491 e. The summed E-state index contributed by atoms with van der Waals surface area (Å²) in [6, 6.07) is 14.6. The van der Waals surface area contributed by atoms with Gasteiger partial charge in [0.2, 0.25) is 0 Å². The molecule has 2 aromatic carbocycles. The molecule has 0 spiro atoms. The van der Waals surface area contributed by atoms with Gasteiger partial charge in [-0.3, -0.25) is 4.79 Å². The van der Waals surface area contributed by atoms with E-state index in [2.05, 4.69) is 40.2 Å². The Morgan fingerprint density at radius 2 is 1.79 bits per heavy atom. The number of fused-ring (bicyclic) bond motifs is 5. The van der Waals surface area contributed by atoms with Crippen molar-refractivity contribution < 1.29 is 19.1 Å². The van der Waals surface area contributed by atoms with Crippen LogP contribution < -0.4 is 10.1 Å². The summed E-state index contributed by atoms with van der Waals surface area (Å²) < 4.78 is 13.7. The second-order valence-electron chi connectivity index (χ2n) is 10.8. The van der Waals surface area contributed by atoms with Gasteiger partial charge in [-0.1, -0.05) is 37.5 Å². The van der Waals surface area contributed by atoms with Gasteiger partial charge in [-0.05, 0) is 68.4 Å². The number of para-hydroxylation sites is 1. The van der Waals surface area contributed by atoms with Crippen molar-refractivity contribution in [2.45, 2.75) is 70.4 Å². The first kappa shape index (κ1) is 24.8. The van der Waals surface area contributed by atoms with Crippen molar-refractivity contribution in [3.63, 3.8) is 0 Å². The summed E-state index contributed by atoms with van der Waals surface area (Å²) in [5.74, 6) is 1.41. The molecule has 1 aliphatic carbocycles. The van der Waals surface area contributed by atoms with Gasteiger partial charge in [0.25, 0.3) is 5.91 Å². The van der Waals surface area contributed by atoms with E-state index in [-0.39, 0.29) is 18.0 Å². The summed E-state index contributed by atoms with van der Waals surface area (Å²) in [4.78, 5) is 27.1. The molecule has 0 radical (unpaired) electrons. The highest BCUT2D eigenvalue weighted by atomic mass is 16.6. The number of carbonyl (C=O) groups is 2. The predicted molar refractivity (Wildman–Crippen MR) is 148 cm³/mol. The van der Waals surface area contributed by atoms with Crippen LogP contribution in [0, 0.1) is 0 Å². The van der Waals surface area contributed by atoms with Gasteiger partial charge in [-0.25, -0.2) is 4.79 Å². The van der Waals surface area contributed by atoms with E-state index in [9.17, 15) is 9.59 Å². The average Bonchev–Trinajstić information content (AvgIpc) is 3.15. The Hall–Kier alpha value is -3.48. The van der Waals surface area contributed by atoms with Crippen LogP contribution in [-0.2, 0) is 11.3 Å². The van der Waals surface area contributed by atoms with E-state index in [1.54, 1.807) is 4.90 Å². The highest BCUT2D eigenvalue weighted by Crippen LogP contribution is 2.47. The molecular weight excluding hydrogens is 478 g/mol. The third-order valence-electron chi connectivity index (χ3n) is 8.45. The third kappa shape index (κ3) is 4.63. The summed E-state index contributed by atoms with van der Waals surface area (Å²) in [6.07, 6.45) is 7.46. The fourth-order valence-electron chi connectivity index (χ4n) is 6.57. The lowest BCUT2D eigenvalue weighted by Gasteiger charge is -2.31. The van der Waals surface area contributed by atoms with Crippen molar-refractivity contribution in [3.05, 3.63) is 53.6 Å². The lowest BCUT2D eigenvalue weighted by atomic mass is 9.81. The lowest BCUT2D eigenvalue weighted by Crippen LogP contribution is -2.46.